The van der Waals surface area contributed by atoms with Gasteiger partial charge in [0, 0.05) is 18.0 Å². The number of amides is 2. The predicted octanol–water partition coefficient (Wildman–Crippen LogP) is 1.17. The Balaban J connectivity index is 1.49. The standard InChI is InChI=1S/C16H13N3O5/c20-14(18-10-3-4-11-13(6-10)24-9-23-11)7-19-15(21)8-22-12-2-1-5-17-16(12)19/h1-6H,7-9H2,(H,18,20). The maximum atomic E-state index is 12.3. The number of ether oxygens (including phenoxy) is 3. The Labute approximate surface area is 136 Å². The van der Waals surface area contributed by atoms with E-state index in [0.717, 1.165) is 0 Å². The van der Waals surface area contributed by atoms with Crippen LogP contribution in [-0.2, 0) is 9.59 Å². The summed E-state index contributed by atoms with van der Waals surface area (Å²) in [6, 6.07) is 8.51. The Morgan fingerprint density at radius 3 is 2.96 bits per heavy atom. The lowest BCUT2D eigenvalue weighted by Crippen LogP contribution is -2.43. The molecule has 122 valence electrons. The molecule has 2 amide bonds. The molecule has 0 atom stereocenters. The summed E-state index contributed by atoms with van der Waals surface area (Å²) in [6.45, 7) is -0.103. The molecule has 4 rings (SSSR count). The summed E-state index contributed by atoms with van der Waals surface area (Å²) >= 11 is 0. The minimum absolute atomic E-state index is 0.115. The monoisotopic (exact) mass is 327 g/mol. The van der Waals surface area contributed by atoms with Gasteiger partial charge in [-0.3, -0.25) is 14.5 Å². The Morgan fingerprint density at radius 2 is 2.04 bits per heavy atom. The van der Waals surface area contributed by atoms with Gasteiger partial charge in [-0.25, -0.2) is 4.98 Å². The summed E-state index contributed by atoms with van der Waals surface area (Å²) in [5.74, 6) is 1.36. The van der Waals surface area contributed by atoms with Gasteiger partial charge >= 0.3 is 0 Å². The molecule has 0 unspecified atom stereocenters. The highest BCUT2D eigenvalue weighted by atomic mass is 16.7. The van der Waals surface area contributed by atoms with Crippen LogP contribution in [0.5, 0.6) is 17.2 Å². The number of nitrogens with zero attached hydrogens (tertiary/aromatic N) is 2. The fourth-order valence-corrected chi connectivity index (χ4v) is 2.51. The molecular formula is C16H13N3O5. The molecule has 1 aromatic carbocycles. The first kappa shape index (κ1) is 14.3. The highest BCUT2D eigenvalue weighted by Crippen LogP contribution is 2.34. The van der Waals surface area contributed by atoms with Gasteiger partial charge < -0.3 is 19.5 Å². The van der Waals surface area contributed by atoms with Crippen molar-refractivity contribution in [1.29, 1.82) is 0 Å². The van der Waals surface area contributed by atoms with E-state index in [9.17, 15) is 9.59 Å². The third kappa shape index (κ3) is 2.58. The average Bonchev–Trinajstić information content (AvgIpc) is 3.05. The zero-order valence-electron chi connectivity index (χ0n) is 12.5. The van der Waals surface area contributed by atoms with Crippen molar-refractivity contribution >= 4 is 23.3 Å². The van der Waals surface area contributed by atoms with Gasteiger partial charge in [-0.2, -0.15) is 0 Å². The molecule has 1 aromatic heterocycles. The number of carbonyl (C=O) groups excluding carboxylic acids is 2. The van der Waals surface area contributed by atoms with Gasteiger partial charge in [-0.05, 0) is 24.3 Å². The third-order valence-electron chi connectivity index (χ3n) is 3.62. The van der Waals surface area contributed by atoms with Crippen molar-refractivity contribution in [3.05, 3.63) is 36.5 Å². The van der Waals surface area contributed by atoms with Gasteiger partial charge in [0.1, 0.15) is 6.54 Å². The maximum absolute atomic E-state index is 12.3. The molecule has 0 spiro atoms. The number of anilines is 2. The molecule has 3 heterocycles. The van der Waals surface area contributed by atoms with Crippen molar-refractivity contribution in [2.75, 3.05) is 30.2 Å². The summed E-state index contributed by atoms with van der Waals surface area (Å²) in [6.07, 6.45) is 1.55. The van der Waals surface area contributed by atoms with E-state index in [0.29, 0.717) is 28.8 Å². The van der Waals surface area contributed by atoms with E-state index < -0.39 is 0 Å². The van der Waals surface area contributed by atoms with Gasteiger partial charge in [-0.15, -0.1) is 0 Å². The molecule has 2 aromatic rings. The quantitative estimate of drug-likeness (QED) is 0.910. The fraction of sp³-hybridized carbons (Fsp3) is 0.188. The molecular weight excluding hydrogens is 314 g/mol. The van der Waals surface area contributed by atoms with Gasteiger partial charge in [0.25, 0.3) is 5.91 Å². The molecule has 0 fully saturated rings. The van der Waals surface area contributed by atoms with E-state index in [2.05, 4.69) is 10.3 Å². The molecule has 2 aliphatic rings. The molecule has 8 nitrogen and oxygen atoms in total. The third-order valence-corrected chi connectivity index (χ3v) is 3.62. The number of aromatic nitrogens is 1. The van der Waals surface area contributed by atoms with E-state index in [-0.39, 0.29) is 31.8 Å². The molecule has 1 N–H and O–H groups in total. The number of hydrogen-bond donors (Lipinski definition) is 1. The van der Waals surface area contributed by atoms with Crippen molar-refractivity contribution in [2.45, 2.75) is 0 Å². The summed E-state index contributed by atoms with van der Waals surface area (Å²) in [5.41, 5.74) is 0.561. The second-order valence-corrected chi connectivity index (χ2v) is 5.21. The summed E-state index contributed by atoms with van der Waals surface area (Å²) in [7, 11) is 0. The lowest BCUT2D eigenvalue weighted by molar-refractivity contribution is -0.123. The molecule has 0 bridgehead atoms. The Morgan fingerprint density at radius 1 is 1.17 bits per heavy atom. The van der Waals surface area contributed by atoms with Crippen LogP contribution in [-0.4, -0.2) is 36.7 Å². The van der Waals surface area contributed by atoms with E-state index in [1.165, 1.54) is 4.90 Å². The number of carbonyl (C=O) groups is 2. The van der Waals surface area contributed by atoms with Crippen LogP contribution in [0.3, 0.4) is 0 Å². The number of fused-ring (bicyclic) bond motifs is 2. The maximum Gasteiger partial charge on any atom is 0.266 e. The number of benzene rings is 1. The molecule has 24 heavy (non-hydrogen) atoms. The number of hydrogen-bond acceptors (Lipinski definition) is 6. The Hall–Kier alpha value is -3.29. The van der Waals surface area contributed by atoms with Crippen LogP contribution >= 0.6 is 0 Å². The molecule has 8 heteroatoms. The minimum atomic E-state index is -0.347. The molecule has 0 radical (unpaired) electrons. The van der Waals surface area contributed by atoms with Crippen LogP contribution in [0.25, 0.3) is 0 Å². The summed E-state index contributed by atoms with van der Waals surface area (Å²) < 4.78 is 15.8. The zero-order valence-corrected chi connectivity index (χ0v) is 12.5. The lowest BCUT2D eigenvalue weighted by atomic mass is 10.2. The summed E-state index contributed by atoms with van der Waals surface area (Å²) in [4.78, 5) is 29.8. The van der Waals surface area contributed by atoms with Crippen LogP contribution in [0.2, 0.25) is 0 Å². The topological polar surface area (TPSA) is 90.0 Å². The average molecular weight is 327 g/mol. The summed E-state index contributed by atoms with van der Waals surface area (Å²) in [5, 5.41) is 2.73. The first-order valence-corrected chi connectivity index (χ1v) is 7.28. The van der Waals surface area contributed by atoms with E-state index in [1.54, 1.807) is 36.5 Å². The zero-order chi connectivity index (χ0) is 16.5. The van der Waals surface area contributed by atoms with Gasteiger partial charge in [0.05, 0.1) is 0 Å². The highest BCUT2D eigenvalue weighted by molar-refractivity contribution is 6.04. The first-order valence-electron chi connectivity index (χ1n) is 7.28. The van der Waals surface area contributed by atoms with Crippen LogP contribution in [0, 0.1) is 0 Å². The second kappa shape index (κ2) is 5.73. The number of nitrogens with one attached hydrogen (secondary N) is 1. The minimum Gasteiger partial charge on any atom is -0.480 e. The van der Waals surface area contributed by atoms with Crippen molar-refractivity contribution < 1.29 is 23.8 Å². The van der Waals surface area contributed by atoms with Gasteiger partial charge in [0.15, 0.2) is 29.7 Å². The van der Waals surface area contributed by atoms with Crippen molar-refractivity contribution in [3.63, 3.8) is 0 Å². The lowest BCUT2D eigenvalue weighted by Gasteiger charge is -2.27. The predicted molar refractivity (Wildman–Crippen MR) is 83.3 cm³/mol. The SMILES string of the molecule is O=C(CN1C(=O)COc2cccnc21)Nc1ccc2c(c1)OCO2. The molecule has 0 aliphatic carbocycles. The van der Waals surface area contributed by atoms with E-state index in [4.69, 9.17) is 14.2 Å². The molecule has 0 saturated heterocycles. The van der Waals surface area contributed by atoms with E-state index in [1.807, 2.05) is 0 Å². The van der Waals surface area contributed by atoms with Crippen molar-refractivity contribution in [3.8, 4) is 17.2 Å². The van der Waals surface area contributed by atoms with Crippen LogP contribution in [0.15, 0.2) is 36.5 Å². The Kier molecular flexibility index (Phi) is 3.42. The highest BCUT2D eigenvalue weighted by Gasteiger charge is 2.28. The molecule has 0 saturated carbocycles. The normalized spacial score (nSPS) is 14.8. The number of pyridine rings is 1. The van der Waals surface area contributed by atoms with Crippen LogP contribution < -0.4 is 24.4 Å². The Bertz CT molecular complexity index is 823. The largest absolute Gasteiger partial charge is 0.480 e. The van der Waals surface area contributed by atoms with Gasteiger partial charge in [-0.1, -0.05) is 0 Å². The van der Waals surface area contributed by atoms with Crippen molar-refractivity contribution in [2.24, 2.45) is 0 Å². The van der Waals surface area contributed by atoms with Crippen molar-refractivity contribution in [1.82, 2.24) is 4.98 Å². The van der Waals surface area contributed by atoms with E-state index >= 15 is 0 Å². The van der Waals surface area contributed by atoms with Crippen LogP contribution in [0.1, 0.15) is 0 Å². The van der Waals surface area contributed by atoms with Crippen LogP contribution in [0.4, 0.5) is 11.5 Å². The number of rotatable bonds is 3. The van der Waals surface area contributed by atoms with Gasteiger partial charge in [0.2, 0.25) is 12.7 Å². The smallest absolute Gasteiger partial charge is 0.266 e. The fourth-order valence-electron chi connectivity index (χ4n) is 2.51. The first-order chi connectivity index (χ1) is 11.7. The molecule has 2 aliphatic heterocycles. The second-order valence-electron chi connectivity index (χ2n) is 5.21.